The van der Waals surface area contributed by atoms with Gasteiger partial charge in [-0.25, -0.2) is 4.79 Å². The van der Waals surface area contributed by atoms with Gasteiger partial charge >= 0.3 is 5.69 Å². The van der Waals surface area contributed by atoms with Gasteiger partial charge in [0.15, 0.2) is 16.8 Å². The molecule has 0 unspecified atom stereocenters. The molecule has 28 heavy (non-hydrogen) atoms. The van der Waals surface area contributed by atoms with Crippen molar-refractivity contribution in [2.45, 2.75) is 17.3 Å². The number of rotatable bonds is 5. The number of aromatic nitrogens is 6. The summed E-state index contributed by atoms with van der Waals surface area (Å²) in [6.07, 6.45) is 3.31. The maximum absolute atomic E-state index is 12.9. The zero-order valence-corrected chi connectivity index (χ0v) is 16.6. The number of anilines is 1. The fourth-order valence-electron chi connectivity index (χ4n) is 2.68. The predicted octanol–water partition coefficient (Wildman–Crippen LogP) is 0.220. The number of nitrogen functional groups attached to an aromatic ring is 1. The minimum atomic E-state index is -0.714. The van der Waals surface area contributed by atoms with Gasteiger partial charge < -0.3 is 10.3 Å². The van der Waals surface area contributed by atoms with E-state index in [1.165, 1.54) is 14.1 Å². The Morgan fingerprint density at radius 1 is 1.07 bits per heavy atom. The second-order valence-corrected chi connectivity index (χ2v) is 7.50. The molecule has 0 amide bonds. The van der Waals surface area contributed by atoms with Crippen LogP contribution in [0.5, 0.6) is 0 Å². The molecule has 0 radical (unpaired) electrons. The first-order valence-electron chi connectivity index (χ1n) is 8.30. The molecule has 0 aliphatic carbocycles. The van der Waals surface area contributed by atoms with Gasteiger partial charge in [-0.3, -0.25) is 23.7 Å². The summed E-state index contributed by atoms with van der Waals surface area (Å²) in [5, 5.41) is 8.14. The Morgan fingerprint density at radius 3 is 2.36 bits per heavy atom. The molecular weight excluding hydrogens is 382 g/mol. The molecule has 3 heterocycles. The molecule has 3 aromatic rings. The normalized spacial score (nSPS) is 12.1. The lowest BCUT2D eigenvalue weighted by atomic mass is 10.1. The number of pyridine rings is 1. The molecule has 0 saturated carbocycles. The highest BCUT2D eigenvalue weighted by atomic mass is 32.2. The molecule has 0 spiro atoms. The number of nitrogens with two attached hydrogens (primary N) is 1. The average Bonchev–Trinajstić information content (AvgIpc) is 3.05. The maximum Gasteiger partial charge on any atom is 0.332 e. The highest BCUT2D eigenvalue weighted by Gasteiger charge is 2.27. The van der Waals surface area contributed by atoms with Crippen molar-refractivity contribution in [1.82, 2.24) is 28.9 Å². The van der Waals surface area contributed by atoms with E-state index in [0.717, 1.165) is 26.5 Å². The fourth-order valence-corrected chi connectivity index (χ4v) is 3.55. The van der Waals surface area contributed by atoms with E-state index < -0.39 is 22.3 Å². The fraction of sp³-hybridized carbons (Fsp3) is 0.294. The van der Waals surface area contributed by atoms with E-state index in [1.807, 2.05) is 12.1 Å². The first-order chi connectivity index (χ1) is 13.2. The Morgan fingerprint density at radius 2 is 1.71 bits per heavy atom. The van der Waals surface area contributed by atoms with Crippen LogP contribution in [-0.4, -0.2) is 39.9 Å². The molecule has 2 N–H and O–H groups in total. The third-order valence-electron chi connectivity index (χ3n) is 4.38. The molecule has 3 rings (SSSR count). The molecule has 146 valence electrons. The number of carbonyl (C=O) groups is 1. The predicted molar refractivity (Wildman–Crippen MR) is 105 cm³/mol. The number of nitrogens with zero attached hydrogens (tertiary/aromatic N) is 6. The standard InChI is InChI=1S/C17H19N7O3S/c1-9(12(25)11-13(18)22(2)17(27)24(4)15(11)26)28-16-21-20-14(23(16)3)10-5-7-19-8-6-10/h5-9H,18H2,1-4H3/t9-/m0/s1. The molecule has 3 aromatic heterocycles. The second-order valence-electron chi connectivity index (χ2n) is 6.19. The first-order valence-corrected chi connectivity index (χ1v) is 9.18. The summed E-state index contributed by atoms with van der Waals surface area (Å²) in [4.78, 5) is 41.2. The summed E-state index contributed by atoms with van der Waals surface area (Å²) in [5.74, 6) is -0.00441. The van der Waals surface area contributed by atoms with Gasteiger partial charge in [0.2, 0.25) is 0 Å². The summed E-state index contributed by atoms with van der Waals surface area (Å²) < 4.78 is 3.70. The number of carbonyl (C=O) groups excluding carboxylic acids is 1. The van der Waals surface area contributed by atoms with Crippen LogP contribution in [0.15, 0.2) is 39.3 Å². The van der Waals surface area contributed by atoms with Crippen LogP contribution in [0.3, 0.4) is 0 Å². The topological polar surface area (TPSA) is 131 Å². The first kappa shape index (κ1) is 19.5. The Kier molecular flexibility index (Phi) is 5.18. The second kappa shape index (κ2) is 7.43. The Hall–Kier alpha value is -3.21. The lowest BCUT2D eigenvalue weighted by molar-refractivity contribution is 0.0992. The number of ketones is 1. The summed E-state index contributed by atoms with van der Waals surface area (Å²) in [6.45, 7) is 1.65. The van der Waals surface area contributed by atoms with Gasteiger partial charge in [0, 0.05) is 39.1 Å². The quantitative estimate of drug-likeness (QED) is 0.474. The molecule has 11 heteroatoms. The van der Waals surface area contributed by atoms with E-state index in [2.05, 4.69) is 15.2 Å². The van der Waals surface area contributed by atoms with Gasteiger partial charge in [0.1, 0.15) is 11.4 Å². The minimum Gasteiger partial charge on any atom is -0.384 e. The van der Waals surface area contributed by atoms with Gasteiger partial charge in [-0.15, -0.1) is 10.2 Å². The van der Waals surface area contributed by atoms with Crippen LogP contribution in [0.1, 0.15) is 17.3 Å². The monoisotopic (exact) mass is 401 g/mol. The largest absolute Gasteiger partial charge is 0.384 e. The van der Waals surface area contributed by atoms with E-state index in [0.29, 0.717) is 11.0 Å². The SMILES string of the molecule is C[C@H](Sc1nnc(-c2ccncc2)n1C)C(=O)c1c(N)n(C)c(=O)n(C)c1=O. The summed E-state index contributed by atoms with van der Waals surface area (Å²) in [5.41, 5.74) is 5.21. The summed E-state index contributed by atoms with van der Waals surface area (Å²) in [7, 11) is 4.51. The summed E-state index contributed by atoms with van der Waals surface area (Å²) in [6, 6.07) is 3.61. The number of thioether (sulfide) groups is 1. The van der Waals surface area contributed by atoms with Crippen LogP contribution in [0.2, 0.25) is 0 Å². The number of Topliss-reactive ketones (excluding diaryl/α,β-unsaturated/α-hetero) is 1. The van der Waals surface area contributed by atoms with Crippen molar-refractivity contribution in [2.75, 3.05) is 5.73 Å². The van der Waals surface area contributed by atoms with E-state index in [1.54, 1.807) is 30.9 Å². The molecule has 0 bridgehead atoms. The van der Waals surface area contributed by atoms with Crippen LogP contribution < -0.4 is 17.0 Å². The number of hydrogen-bond acceptors (Lipinski definition) is 8. The van der Waals surface area contributed by atoms with E-state index in [4.69, 9.17) is 5.73 Å². The third-order valence-corrected chi connectivity index (χ3v) is 5.52. The van der Waals surface area contributed by atoms with Gasteiger partial charge in [-0.05, 0) is 19.1 Å². The molecule has 0 fully saturated rings. The van der Waals surface area contributed by atoms with Crippen LogP contribution in [-0.2, 0) is 21.1 Å². The smallest absolute Gasteiger partial charge is 0.332 e. The molecule has 0 saturated heterocycles. The van der Waals surface area contributed by atoms with Crippen molar-refractivity contribution in [2.24, 2.45) is 21.1 Å². The molecule has 10 nitrogen and oxygen atoms in total. The van der Waals surface area contributed by atoms with Gasteiger partial charge in [-0.2, -0.15) is 0 Å². The van der Waals surface area contributed by atoms with Crippen molar-refractivity contribution in [3.8, 4) is 11.4 Å². The lowest BCUT2D eigenvalue weighted by Gasteiger charge is -2.14. The zero-order valence-electron chi connectivity index (χ0n) is 15.8. The highest BCUT2D eigenvalue weighted by molar-refractivity contribution is 8.00. The Balaban J connectivity index is 1.92. The van der Waals surface area contributed by atoms with Crippen LogP contribution in [0.4, 0.5) is 5.82 Å². The van der Waals surface area contributed by atoms with Gasteiger partial charge in [0.05, 0.1) is 5.25 Å². The van der Waals surface area contributed by atoms with Crippen LogP contribution in [0.25, 0.3) is 11.4 Å². The highest BCUT2D eigenvalue weighted by Crippen LogP contribution is 2.27. The van der Waals surface area contributed by atoms with E-state index in [9.17, 15) is 14.4 Å². The van der Waals surface area contributed by atoms with Crippen molar-refractivity contribution in [3.05, 3.63) is 50.9 Å². The molecule has 0 aromatic carbocycles. The Bertz CT molecular complexity index is 1160. The minimum absolute atomic E-state index is 0.152. The summed E-state index contributed by atoms with van der Waals surface area (Å²) >= 11 is 1.16. The van der Waals surface area contributed by atoms with E-state index >= 15 is 0 Å². The van der Waals surface area contributed by atoms with E-state index in [-0.39, 0.29) is 11.4 Å². The third kappa shape index (κ3) is 3.24. The maximum atomic E-state index is 12.9. The van der Waals surface area contributed by atoms with Crippen molar-refractivity contribution < 1.29 is 4.79 Å². The van der Waals surface area contributed by atoms with Gasteiger partial charge in [-0.1, -0.05) is 11.8 Å². The molecule has 1 atom stereocenters. The molecule has 0 aliphatic rings. The lowest BCUT2D eigenvalue weighted by Crippen LogP contribution is -2.42. The zero-order chi connectivity index (χ0) is 20.6. The van der Waals surface area contributed by atoms with Crippen LogP contribution >= 0.6 is 11.8 Å². The van der Waals surface area contributed by atoms with Gasteiger partial charge in [0.25, 0.3) is 5.56 Å². The van der Waals surface area contributed by atoms with Crippen LogP contribution in [0, 0.1) is 0 Å². The van der Waals surface area contributed by atoms with Crippen molar-refractivity contribution >= 4 is 23.4 Å². The Labute approximate surface area is 164 Å². The van der Waals surface area contributed by atoms with Crippen molar-refractivity contribution in [1.29, 1.82) is 0 Å². The molecule has 0 aliphatic heterocycles. The number of hydrogen-bond donors (Lipinski definition) is 1. The average molecular weight is 401 g/mol. The molecular formula is C17H19N7O3S. The van der Waals surface area contributed by atoms with Crippen molar-refractivity contribution in [3.63, 3.8) is 0 Å².